The molecule has 4 nitrogen and oxygen atoms in total. The topological polar surface area (TPSA) is 75.4 Å². The highest BCUT2D eigenvalue weighted by Crippen LogP contribution is 2.18. The quantitative estimate of drug-likeness (QED) is 0.606. The van der Waals surface area contributed by atoms with Gasteiger partial charge in [-0.2, -0.15) is 0 Å². The summed E-state index contributed by atoms with van der Waals surface area (Å²) < 4.78 is 0. The fraction of sp³-hybridized carbons (Fsp3) is 0.900. The van der Waals surface area contributed by atoms with Crippen molar-refractivity contribution in [2.24, 2.45) is 5.73 Å². The smallest absolute Gasteiger partial charge is 0.237 e. The van der Waals surface area contributed by atoms with Crippen LogP contribution in [0.2, 0.25) is 0 Å². The third-order valence-corrected chi connectivity index (χ3v) is 2.83. The molecule has 3 unspecified atom stereocenters. The first-order chi connectivity index (χ1) is 6.65. The minimum absolute atomic E-state index is 0.0890. The van der Waals surface area contributed by atoms with Crippen LogP contribution in [0.25, 0.3) is 0 Å². The lowest BCUT2D eigenvalue weighted by atomic mass is 9.92. The van der Waals surface area contributed by atoms with Crippen LogP contribution in [0.1, 0.15) is 39.0 Å². The van der Waals surface area contributed by atoms with Crippen LogP contribution in [-0.2, 0) is 4.79 Å². The number of carbonyl (C=O) groups excluding carboxylic acids is 1. The molecule has 4 heteroatoms. The first-order valence-electron chi connectivity index (χ1n) is 5.39. The van der Waals surface area contributed by atoms with Gasteiger partial charge in [-0.05, 0) is 19.3 Å². The van der Waals surface area contributed by atoms with E-state index in [1.807, 2.05) is 6.92 Å². The summed E-state index contributed by atoms with van der Waals surface area (Å²) >= 11 is 0. The van der Waals surface area contributed by atoms with Crippen molar-refractivity contribution in [3.63, 3.8) is 0 Å². The predicted molar refractivity (Wildman–Crippen MR) is 54.7 cm³/mol. The maximum absolute atomic E-state index is 11.4. The van der Waals surface area contributed by atoms with Crippen molar-refractivity contribution in [2.75, 3.05) is 0 Å². The Morgan fingerprint density at radius 2 is 2.21 bits per heavy atom. The highest BCUT2D eigenvalue weighted by atomic mass is 16.3. The van der Waals surface area contributed by atoms with Crippen LogP contribution in [0.4, 0.5) is 0 Å². The molecular weight excluding hydrogens is 180 g/mol. The van der Waals surface area contributed by atoms with Crippen molar-refractivity contribution >= 4 is 5.91 Å². The van der Waals surface area contributed by atoms with Gasteiger partial charge in [-0.25, -0.2) is 0 Å². The Balaban J connectivity index is 2.38. The fourth-order valence-electron chi connectivity index (χ4n) is 1.75. The zero-order valence-corrected chi connectivity index (χ0v) is 8.70. The molecule has 14 heavy (non-hydrogen) atoms. The molecule has 1 amide bonds. The summed E-state index contributed by atoms with van der Waals surface area (Å²) in [6, 6.07) is -0.530. The zero-order valence-electron chi connectivity index (χ0n) is 8.70. The predicted octanol–water partition coefficient (Wildman–Crippen LogP) is 0.143. The normalized spacial score (nSPS) is 29.6. The molecule has 0 heterocycles. The van der Waals surface area contributed by atoms with E-state index >= 15 is 0 Å². The average Bonchev–Trinajstić information content (AvgIpc) is 2.20. The summed E-state index contributed by atoms with van der Waals surface area (Å²) in [5.74, 6) is -0.140. The van der Waals surface area contributed by atoms with Crippen LogP contribution in [0.15, 0.2) is 0 Å². The second kappa shape index (κ2) is 5.32. The number of aliphatic hydroxyl groups is 1. The summed E-state index contributed by atoms with van der Waals surface area (Å²) in [5.41, 5.74) is 5.59. The van der Waals surface area contributed by atoms with E-state index in [0.717, 1.165) is 25.7 Å². The number of rotatable bonds is 3. The van der Waals surface area contributed by atoms with Gasteiger partial charge in [0.2, 0.25) is 5.91 Å². The van der Waals surface area contributed by atoms with Crippen LogP contribution in [0.5, 0.6) is 0 Å². The van der Waals surface area contributed by atoms with Gasteiger partial charge in [0.25, 0.3) is 0 Å². The van der Waals surface area contributed by atoms with E-state index in [1.54, 1.807) is 0 Å². The van der Waals surface area contributed by atoms with Gasteiger partial charge in [-0.15, -0.1) is 0 Å². The maximum atomic E-state index is 11.4. The van der Waals surface area contributed by atoms with Crippen molar-refractivity contribution < 1.29 is 9.90 Å². The molecule has 1 saturated carbocycles. The molecule has 0 bridgehead atoms. The standard InChI is InChI=1S/C10H20N2O2/c1-2-7(11)10(14)12-8-5-3-4-6-9(8)13/h7-9,13H,2-6,11H2,1H3,(H,12,14). The van der Waals surface area contributed by atoms with E-state index in [9.17, 15) is 9.90 Å². The van der Waals surface area contributed by atoms with Crippen molar-refractivity contribution in [3.8, 4) is 0 Å². The lowest BCUT2D eigenvalue weighted by Crippen LogP contribution is -2.50. The molecule has 3 atom stereocenters. The van der Waals surface area contributed by atoms with Crippen LogP contribution in [0.3, 0.4) is 0 Å². The van der Waals surface area contributed by atoms with Crippen LogP contribution in [-0.4, -0.2) is 29.2 Å². The van der Waals surface area contributed by atoms with Gasteiger partial charge >= 0.3 is 0 Å². The van der Waals surface area contributed by atoms with Gasteiger partial charge in [0, 0.05) is 0 Å². The van der Waals surface area contributed by atoms with Gasteiger partial charge in [0.15, 0.2) is 0 Å². The molecule has 1 aliphatic rings. The number of carbonyl (C=O) groups is 1. The lowest BCUT2D eigenvalue weighted by molar-refractivity contribution is -0.124. The number of nitrogens with two attached hydrogens (primary N) is 1. The molecule has 0 spiro atoms. The van der Waals surface area contributed by atoms with E-state index in [2.05, 4.69) is 5.32 Å². The van der Waals surface area contributed by atoms with E-state index in [0.29, 0.717) is 6.42 Å². The van der Waals surface area contributed by atoms with Gasteiger partial charge in [0.1, 0.15) is 0 Å². The maximum Gasteiger partial charge on any atom is 0.237 e. The highest BCUT2D eigenvalue weighted by Gasteiger charge is 2.25. The Bertz CT molecular complexity index is 197. The van der Waals surface area contributed by atoms with E-state index in [-0.39, 0.29) is 11.9 Å². The lowest BCUT2D eigenvalue weighted by Gasteiger charge is -2.29. The second-order valence-corrected chi connectivity index (χ2v) is 3.98. The monoisotopic (exact) mass is 200 g/mol. The Labute approximate surface area is 84.9 Å². The molecule has 4 N–H and O–H groups in total. The summed E-state index contributed by atoms with van der Waals surface area (Å²) in [6.45, 7) is 1.88. The van der Waals surface area contributed by atoms with Crippen molar-refractivity contribution in [1.82, 2.24) is 5.32 Å². The average molecular weight is 200 g/mol. The zero-order chi connectivity index (χ0) is 10.6. The molecule has 0 saturated heterocycles. The third-order valence-electron chi connectivity index (χ3n) is 2.83. The van der Waals surface area contributed by atoms with E-state index in [1.165, 1.54) is 0 Å². The number of hydrogen-bond acceptors (Lipinski definition) is 3. The minimum Gasteiger partial charge on any atom is -0.391 e. The summed E-state index contributed by atoms with van der Waals surface area (Å²) in [5, 5.41) is 12.4. The highest BCUT2D eigenvalue weighted by molar-refractivity contribution is 5.81. The summed E-state index contributed by atoms with van der Waals surface area (Å²) in [6.07, 6.45) is 4.01. The number of hydrogen-bond donors (Lipinski definition) is 3. The molecule has 82 valence electrons. The molecule has 0 aliphatic heterocycles. The molecule has 0 aromatic carbocycles. The Morgan fingerprint density at radius 1 is 1.57 bits per heavy atom. The van der Waals surface area contributed by atoms with Crippen molar-refractivity contribution in [3.05, 3.63) is 0 Å². The van der Waals surface area contributed by atoms with Gasteiger partial charge in [-0.1, -0.05) is 19.8 Å². The molecule has 0 aromatic heterocycles. The first kappa shape index (κ1) is 11.5. The summed E-state index contributed by atoms with van der Waals surface area (Å²) in [7, 11) is 0. The molecule has 0 radical (unpaired) electrons. The van der Waals surface area contributed by atoms with Crippen LogP contribution < -0.4 is 11.1 Å². The van der Waals surface area contributed by atoms with Crippen LogP contribution >= 0.6 is 0 Å². The second-order valence-electron chi connectivity index (χ2n) is 3.98. The Hall–Kier alpha value is -0.610. The largest absolute Gasteiger partial charge is 0.391 e. The number of aliphatic hydroxyl groups excluding tert-OH is 1. The summed E-state index contributed by atoms with van der Waals surface area (Å²) in [4.78, 5) is 11.4. The third kappa shape index (κ3) is 2.96. The molecule has 0 aromatic rings. The SMILES string of the molecule is CCC(N)C(=O)NC1CCCCC1O. The molecular formula is C10H20N2O2. The first-order valence-corrected chi connectivity index (χ1v) is 5.39. The molecule has 1 aliphatic carbocycles. The van der Waals surface area contributed by atoms with Gasteiger partial charge in [0.05, 0.1) is 18.2 Å². The van der Waals surface area contributed by atoms with Crippen molar-refractivity contribution in [1.29, 1.82) is 0 Å². The van der Waals surface area contributed by atoms with E-state index in [4.69, 9.17) is 5.73 Å². The van der Waals surface area contributed by atoms with Gasteiger partial charge < -0.3 is 16.2 Å². The Kier molecular flexibility index (Phi) is 4.35. The van der Waals surface area contributed by atoms with E-state index < -0.39 is 12.1 Å². The fourth-order valence-corrected chi connectivity index (χ4v) is 1.75. The molecule has 1 rings (SSSR count). The van der Waals surface area contributed by atoms with Gasteiger partial charge in [-0.3, -0.25) is 4.79 Å². The number of amides is 1. The van der Waals surface area contributed by atoms with Crippen LogP contribution in [0, 0.1) is 0 Å². The number of nitrogens with one attached hydrogen (secondary N) is 1. The molecule has 1 fully saturated rings. The Morgan fingerprint density at radius 3 is 2.79 bits per heavy atom. The minimum atomic E-state index is -0.441. The van der Waals surface area contributed by atoms with Crippen molar-refractivity contribution in [2.45, 2.75) is 57.2 Å².